The zero-order valence-corrected chi connectivity index (χ0v) is 17.6. The molecule has 2 N–H and O–H groups in total. The molecule has 2 aromatic carbocycles. The van der Waals surface area contributed by atoms with Crippen molar-refractivity contribution in [3.63, 3.8) is 0 Å². The van der Waals surface area contributed by atoms with Gasteiger partial charge in [0.15, 0.2) is 0 Å². The second kappa shape index (κ2) is 10.7. The van der Waals surface area contributed by atoms with E-state index in [1.807, 2.05) is 12.1 Å². The van der Waals surface area contributed by atoms with Gasteiger partial charge in [0.25, 0.3) is 0 Å². The van der Waals surface area contributed by atoms with Gasteiger partial charge in [0.1, 0.15) is 18.2 Å². The minimum absolute atomic E-state index is 0.0460. The Morgan fingerprint density at radius 1 is 1.20 bits per heavy atom. The highest BCUT2D eigenvalue weighted by atomic mass is 32.2. The Bertz CT molecular complexity index is 1040. The van der Waals surface area contributed by atoms with E-state index in [1.165, 1.54) is 18.2 Å². The van der Waals surface area contributed by atoms with E-state index in [0.29, 0.717) is 23.5 Å². The zero-order chi connectivity index (χ0) is 22.1. The van der Waals surface area contributed by atoms with E-state index in [0.717, 1.165) is 11.6 Å². The Hall–Kier alpha value is -2.97. The van der Waals surface area contributed by atoms with Gasteiger partial charge in [-0.25, -0.2) is 22.3 Å². The molecular weight excluding hydrogens is 409 g/mol. The molecule has 0 aliphatic heterocycles. The molecule has 2 aromatic rings. The number of allylic oxidation sites excluding steroid dienone is 3. The van der Waals surface area contributed by atoms with Crippen molar-refractivity contribution < 1.29 is 27.4 Å². The van der Waals surface area contributed by atoms with Crippen LogP contribution in [0.5, 0.6) is 5.75 Å². The summed E-state index contributed by atoms with van der Waals surface area (Å²) in [5.74, 6) is -0.0723. The Kier molecular flexibility index (Phi) is 8.32. The fourth-order valence-electron chi connectivity index (χ4n) is 2.62. The van der Waals surface area contributed by atoms with Gasteiger partial charge < -0.3 is 9.84 Å². The SMILES string of the molecule is C/C=C(\C=C/CF)Oc1ccc(CCNS(=O)(=O)c2ccc(C)c(C(=O)O)c2)cc1. The van der Waals surface area contributed by atoms with Crippen molar-refractivity contribution in [1.82, 2.24) is 4.72 Å². The molecule has 0 aliphatic carbocycles. The summed E-state index contributed by atoms with van der Waals surface area (Å²) in [5.41, 5.74) is 1.34. The van der Waals surface area contributed by atoms with Crippen molar-refractivity contribution in [2.75, 3.05) is 13.2 Å². The van der Waals surface area contributed by atoms with Crippen molar-refractivity contribution in [3.8, 4) is 5.75 Å². The lowest BCUT2D eigenvalue weighted by Gasteiger charge is -2.10. The Morgan fingerprint density at radius 2 is 1.90 bits per heavy atom. The van der Waals surface area contributed by atoms with Gasteiger partial charge in [-0.3, -0.25) is 0 Å². The first-order valence-corrected chi connectivity index (χ1v) is 10.7. The molecule has 2 rings (SSSR count). The Labute approximate surface area is 175 Å². The standard InChI is InChI=1S/C22H24FNO5S/c1-3-18(5-4-13-23)29-19-9-7-17(8-10-19)12-14-24-30(27,28)20-11-6-16(2)21(15-20)22(25)26/h3-11,15,24H,12-14H2,1-2H3,(H,25,26)/b5-4-,18-3+. The number of carboxylic acids is 1. The molecule has 0 aliphatic rings. The van der Waals surface area contributed by atoms with E-state index in [-0.39, 0.29) is 17.0 Å². The fourth-order valence-corrected chi connectivity index (χ4v) is 3.68. The maximum atomic E-state index is 12.4. The summed E-state index contributed by atoms with van der Waals surface area (Å²) < 4.78 is 45.2. The van der Waals surface area contributed by atoms with E-state index in [4.69, 9.17) is 9.84 Å². The van der Waals surface area contributed by atoms with Gasteiger partial charge in [0, 0.05) is 6.54 Å². The van der Waals surface area contributed by atoms with Gasteiger partial charge in [0.2, 0.25) is 10.0 Å². The van der Waals surface area contributed by atoms with E-state index >= 15 is 0 Å². The molecule has 0 spiro atoms. The third-order valence-corrected chi connectivity index (χ3v) is 5.73. The smallest absolute Gasteiger partial charge is 0.335 e. The van der Waals surface area contributed by atoms with E-state index in [2.05, 4.69) is 4.72 Å². The molecule has 0 saturated heterocycles. The number of alkyl halides is 1. The van der Waals surface area contributed by atoms with Crippen LogP contribution in [0.2, 0.25) is 0 Å². The van der Waals surface area contributed by atoms with Crippen molar-refractivity contribution in [3.05, 3.63) is 83.1 Å². The van der Waals surface area contributed by atoms with Gasteiger partial charge >= 0.3 is 5.97 Å². The molecule has 6 nitrogen and oxygen atoms in total. The second-order valence-electron chi connectivity index (χ2n) is 6.42. The molecule has 0 atom stereocenters. The molecule has 0 aromatic heterocycles. The first kappa shape index (κ1) is 23.3. The minimum atomic E-state index is -3.82. The molecule has 8 heteroatoms. The molecule has 0 radical (unpaired) electrons. The number of nitrogens with one attached hydrogen (secondary N) is 1. The monoisotopic (exact) mass is 433 g/mol. The van der Waals surface area contributed by atoms with E-state index < -0.39 is 22.7 Å². The number of rotatable bonds is 10. The van der Waals surface area contributed by atoms with Crippen LogP contribution < -0.4 is 9.46 Å². The Morgan fingerprint density at radius 3 is 2.50 bits per heavy atom. The molecule has 30 heavy (non-hydrogen) atoms. The van der Waals surface area contributed by atoms with Crippen LogP contribution in [0.1, 0.15) is 28.4 Å². The Balaban J connectivity index is 1.97. The highest BCUT2D eigenvalue weighted by Crippen LogP contribution is 2.18. The van der Waals surface area contributed by atoms with Crippen LogP contribution in [-0.2, 0) is 16.4 Å². The third kappa shape index (κ3) is 6.53. The van der Waals surface area contributed by atoms with Crippen molar-refractivity contribution in [2.45, 2.75) is 25.2 Å². The number of carboxylic acid groups (broad SMARTS) is 1. The largest absolute Gasteiger partial charge is 0.478 e. The maximum Gasteiger partial charge on any atom is 0.335 e. The number of hydrogen-bond acceptors (Lipinski definition) is 4. The van der Waals surface area contributed by atoms with Crippen LogP contribution in [0, 0.1) is 6.92 Å². The second-order valence-corrected chi connectivity index (χ2v) is 8.19. The number of hydrogen-bond donors (Lipinski definition) is 2. The highest BCUT2D eigenvalue weighted by Gasteiger charge is 2.17. The van der Waals surface area contributed by atoms with E-state index in [1.54, 1.807) is 38.1 Å². The summed E-state index contributed by atoms with van der Waals surface area (Å²) in [6.07, 6.45) is 5.05. The zero-order valence-electron chi connectivity index (χ0n) is 16.8. The fraction of sp³-hybridized carbons (Fsp3) is 0.227. The lowest BCUT2D eigenvalue weighted by molar-refractivity contribution is 0.0696. The summed E-state index contributed by atoms with van der Waals surface area (Å²) in [6.45, 7) is 2.97. The summed E-state index contributed by atoms with van der Waals surface area (Å²) in [6, 6.07) is 11.1. The van der Waals surface area contributed by atoms with Crippen LogP contribution in [0.15, 0.2) is 71.3 Å². The highest BCUT2D eigenvalue weighted by molar-refractivity contribution is 7.89. The topological polar surface area (TPSA) is 92.7 Å². The lowest BCUT2D eigenvalue weighted by atomic mass is 10.1. The van der Waals surface area contributed by atoms with Crippen LogP contribution in [-0.4, -0.2) is 32.7 Å². The first-order valence-electron chi connectivity index (χ1n) is 9.26. The quantitative estimate of drug-likeness (QED) is 0.436. The van der Waals surface area contributed by atoms with Gasteiger partial charge in [-0.1, -0.05) is 24.3 Å². The molecule has 0 fully saturated rings. The van der Waals surface area contributed by atoms with Crippen LogP contribution in [0.25, 0.3) is 0 Å². The number of aryl methyl sites for hydroxylation is 1. The number of halogens is 1. The normalized spacial score (nSPS) is 12.3. The summed E-state index contributed by atoms with van der Waals surface area (Å²) in [4.78, 5) is 11.1. The predicted molar refractivity (Wildman–Crippen MR) is 113 cm³/mol. The molecule has 0 saturated carbocycles. The summed E-state index contributed by atoms with van der Waals surface area (Å²) >= 11 is 0. The summed E-state index contributed by atoms with van der Waals surface area (Å²) in [7, 11) is -3.82. The first-order chi connectivity index (χ1) is 14.3. The number of benzene rings is 2. The van der Waals surface area contributed by atoms with Crippen molar-refractivity contribution in [1.29, 1.82) is 0 Å². The lowest BCUT2D eigenvalue weighted by Crippen LogP contribution is -2.26. The number of sulfonamides is 1. The van der Waals surface area contributed by atoms with E-state index in [9.17, 15) is 17.6 Å². The average molecular weight is 434 g/mol. The minimum Gasteiger partial charge on any atom is -0.478 e. The third-order valence-electron chi connectivity index (χ3n) is 4.27. The van der Waals surface area contributed by atoms with Gasteiger partial charge in [-0.05, 0) is 67.8 Å². The molecule has 0 heterocycles. The molecule has 0 unspecified atom stereocenters. The van der Waals surface area contributed by atoms with Gasteiger partial charge in [-0.15, -0.1) is 0 Å². The van der Waals surface area contributed by atoms with Crippen molar-refractivity contribution in [2.24, 2.45) is 0 Å². The number of carbonyl (C=O) groups is 1. The van der Waals surface area contributed by atoms with Crippen LogP contribution in [0.4, 0.5) is 4.39 Å². The van der Waals surface area contributed by atoms with Gasteiger partial charge in [0.05, 0.1) is 10.5 Å². The average Bonchev–Trinajstić information content (AvgIpc) is 2.72. The van der Waals surface area contributed by atoms with Gasteiger partial charge in [-0.2, -0.15) is 0 Å². The van der Waals surface area contributed by atoms with Crippen LogP contribution >= 0.6 is 0 Å². The molecule has 0 amide bonds. The van der Waals surface area contributed by atoms with Crippen molar-refractivity contribution >= 4 is 16.0 Å². The maximum absolute atomic E-state index is 12.4. The molecular formula is C22H24FNO5S. The summed E-state index contributed by atoms with van der Waals surface area (Å²) in [5, 5.41) is 9.17. The number of ether oxygens (including phenoxy) is 1. The predicted octanol–water partition coefficient (Wildman–Crippen LogP) is 4.02. The van der Waals surface area contributed by atoms with Crippen LogP contribution in [0.3, 0.4) is 0 Å². The molecule has 0 bridgehead atoms. The molecule has 160 valence electrons. The number of aromatic carboxylic acids is 1.